The molecule has 0 saturated heterocycles. The Kier molecular flexibility index (Phi) is 8.13. The van der Waals surface area contributed by atoms with E-state index in [0.717, 1.165) is 32.7 Å². The number of carbonyl (C=O) groups excluding carboxylic acids is 1. The predicted octanol–water partition coefficient (Wildman–Crippen LogP) is 6.12. The molecule has 0 aliphatic carbocycles. The summed E-state index contributed by atoms with van der Waals surface area (Å²) in [4.78, 5) is 16.6. The number of thiazole rings is 1. The third kappa shape index (κ3) is 6.34. The Balaban J connectivity index is 1.56. The normalized spacial score (nSPS) is 12.8. The van der Waals surface area contributed by atoms with E-state index < -0.39 is 16.1 Å². The molecule has 0 aliphatic heterocycles. The van der Waals surface area contributed by atoms with Crippen LogP contribution in [-0.2, 0) is 33.9 Å². The lowest BCUT2D eigenvalue weighted by Crippen LogP contribution is -2.25. The molecule has 4 rings (SSSR count). The van der Waals surface area contributed by atoms with Crippen LogP contribution in [0, 0.1) is 0 Å². The molecule has 0 aliphatic rings. The van der Waals surface area contributed by atoms with Gasteiger partial charge in [0.2, 0.25) is 0 Å². The number of nitrogens with zero attached hydrogens (tertiary/aromatic N) is 2. The second kappa shape index (κ2) is 11.3. The molecule has 36 heavy (non-hydrogen) atoms. The molecule has 4 aromatic rings. The van der Waals surface area contributed by atoms with E-state index in [9.17, 15) is 9.35 Å². The molecule has 0 amide bonds. The molecule has 2 heterocycles. The lowest BCUT2D eigenvalue weighted by Gasteiger charge is -2.17. The van der Waals surface area contributed by atoms with Gasteiger partial charge < -0.3 is 18.4 Å². The average Bonchev–Trinajstić information content (AvgIpc) is 3.50. The molecule has 188 valence electrons. The molecule has 1 atom stereocenters. The van der Waals surface area contributed by atoms with Gasteiger partial charge in [0.1, 0.15) is 45.3 Å². The Bertz CT molecular complexity index is 1370. The van der Waals surface area contributed by atoms with Gasteiger partial charge in [-0.3, -0.25) is 4.79 Å². The Morgan fingerprint density at radius 3 is 2.83 bits per heavy atom. The van der Waals surface area contributed by atoms with Gasteiger partial charge in [0.05, 0.1) is 30.5 Å². The van der Waals surface area contributed by atoms with Crippen molar-refractivity contribution in [2.75, 3.05) is 6.61 Å². The van der Waals surface area contributed by atoms with Gasteiger partial charge in [0.15, 0.2) is 0 Å². The summed E-state index contributed by atoms with van der Waals surface area (Å²) in [6.07, 6.45) is 3.35. The van der Waals surface area contributed by atoms with Gasteiger partial charge in [-0.05, 0) is 57.5 Å². The Labute approximate surface area is 217 Å². The predicted molar refractivity (Wildman–Crippen MR) is 144 cm³/mol. The maximum absolute atomic E-state index is 12.2. The molecule has 1 unspecified atom stereocenters. The summed E-state index contributed by atoms with van der Waals surface area (Å²) >= 11 is 0.113. The first kappa shape index (κ1) is 25.9. The summed E-state index contributed by atoms with van der Waals surface area (Å²) in [6.45, 7) is 8.07. The van der Waals surface area contributed by atoms with E-state index >= 15 is 0 Å². The molecule has 2 aromatic heterocycles. The van der Waals surface area contributed by atoms with Crippen molar-refractivity contribution in [1.82, 2.24) is 4.98 Å². The van der Waals surface area contributed by atoms with Crippen LogP contribution in [0.4, 0.5) is 0 Å². The fourth-order valence-corrected chi connectivity index (χ4v) is 4.74. The van der Waals surface area contributed by atoms with Crippen LogP contribution < -0.4 is 4.74 Å². The van der Waals surface area contributed by atoms with Gasteiger partial charge in [-0.1, -0.05) is 22.6 Å². The molecular weight excluding hydrogens is 496 g/mol. The van der Waals surface area contributed by atoms with Gasteiger partial charge in [-0.25, -0.2) is 4.98 Å². The van der Waals surface area contributed by atoms with Crippen molar-refractivity contribution < 1.29 is 23.2 Å². The van der Waals surface area contributed by atoms with Gasteiger partial charge in [-0.15, -0.1) is 11.3 Å². The van der Waals surface area contributed by atoms with Crippen LogP contribution in [0.3, 0.4) is 0 Å². The number of hydrogen-bond acceptors (Lipinski definition) is 8. The first-order chi connectivity index (χ1) is 17.2. The number of para-hydroxylation sites is 1. The number of carbonyl (C=O) groups is 1. The number of aromatic nitrogens is 1. The highest BCUT2D eigenvalue weighted by atomic mass is 32.2. The van der Waals surface area contributed by atoms with Crippen LogP contribution in [0.2, 0.25) is 0 Å². The number of benzene rings is 2. The zero-order valence-corrected chi connectivity index (χ0v) is 22.3. The number of furan rings is 1. The maximum atomic E-state index is 12.2. The Morgan fingerprint density at radius 2 is 2.06 bits per heavy atom. The smallest absolute Gasteiger partial charge is 0.310 e. The molecule has 2 aromatic carbocycles. The molecule has 7 nitrogen and oxygen atoms in total. The van der Waals surface area contributed by atoms with E-state index in [-0.39, 0.29) is 12.4 Å². The van der Waals surface area contributed by atoms with E-state index in [4.69, 9.17) is 13.9 Å². The second-order valence-corrected chi connectivity index (χ2v) is 11.8. The zero-order valence-electron chi connectivity index (χ0n) is 20.6. The number of rotatable bonds is 9. The third-order valence-corrected chi connectivity index (χ3v) is 7.41. The van der Waals surface area contributed by atoms with E-state index in [1.807, 2.05) is 68.6 Å². The van der Waals surface area contributed by atoms with Crippen molar-refractivity contribution in [2.24, 2.45) is 4.40 Å². The number of ether oxygens (including phenoxy) is 2. The molecule has 0 radical (unpaired) electrons. The molecule has 0 fully saturated rings. The van der Waals surface area contributed by atoms with E-state index in [0.29, 0.717) is 24.7 Å². The first-order valence-corrected chi connectivity index (χ1v) is 13.5. The summed E-state index contributed by atoms with van der Waals surface area (Å²) in [5, 5.41) is 3.58. The lowest BCUT2D eigenvalue weighted by molar-refractivity contribution is -0.142. The van der Waals surface area contributed by atoms with Crippen LogP contribution in [0.5, 0.6) is 5.75 Å². The SMILES string of the molecule is CCOC(=O)Cc1ccccc1OCc1cc(-c2nc(/C=N/[S+]([O-])C(C)(C)C)cs2)c2occc2c1. The summed E-state index contributed by atoms with van der Waals surface area (Å²) in [5.41, 5.74) is 3.93. The third-order valence-electron chi connectivity index (χ3n) is 5.17. The highest BCUT2D eigenvalue weighted by Gasteiger charge is 2.26. The number of esters is 1. The Morgan fingerprint density at radius 1 is 1.25 bits per heavy atom. The molecule has 0 bridgehead atoms. The van der Waals surface area contributed by atoms with Crippen molar-refractivity contribution in [2.45, 2.75) is 45.5 Å². The number of fused-ring (bicyclic) bond motifs is 1. The van der Waals surface area contributed by atoms with Gasteiger partial charge in [0.25, 0.3) is 0 Å². The summed E-state index contributed by atoms with van der Waals surface area (Å²) in [6, 6.07) is 13.4. The molecule has 0 N–H and O–H groups in total. The topological polar surface area (TPSA) is 97.0 Å². The minimum atomic E-state index is -1.35. The van der Waals surface area contributed by atoms with Crippen molar-refractivity contribution in [1.29, 1.82) is 0 Å². The van der Waals surface area contributed by atoms with Gasteiger partial charge >= 0.3 is 5.97 Å². The largest absolute Gasteiger partial charge is 0.591 e. The minimum Gasteiger partial charge on any atom is -0.591 e. The fourth-order valence-electron chi connectivity index (χ4n) is 3.43. The van der Waals surface area contributed by atoms with E-state index in [2.05, 4.69) is 9.38 Å². The summed E-state index contributed by atoms with van der Waals surface area (Å²) < 4.78 is 32.9. The summed E-state index contributed by atoms with van der Waals surface area (Å²) in [5.74, 6) is 0.351. The fraction of sp³-hybridized carbons (Fsp3) is 0.296. The first-order valence-electron chi connectivity index (χ1n) is 11.5. The second-order valence-electron chi connectivity index (χ2n) is 9.03. The monoisotopic (exact) mass is 524 g/mol. The molecular formula is C27H28N2O5S2. The van der Waals surface area contributed by atoms with Crippen LogP contribution in [0.15, 0.2) is 62.9 Å². The van der Waals surface area contributed by atoms with Crippen molar-refractivity contribution in [3.05, 3.63) is 70.9 Å². The lowest BCUT2D eigenvalue weighted by atomic mass is 10.1. The van der Waals surface area contributed by atoms with Gasteiger partial charge in [0, 0.05) is 16.3 Å². The van der Waals surface area contributed by atoms with Crippen LogP contribution in [-0.4, -0.2) is 33.1 Å². The quantitative estimate of drug-likeness (QED) is 0.149. The van der Waals surface area contributed by atoms with Crippen LogP contribution >= 0.6 is 11.3 Å². The van der Waals surface area contributed by atoms with E-state index in [1.165, 1.54) is 11.3 Å². The molecule has 9 heteroatoms. The number of hydrogen-bond donors (Lipinski definition) is 0. The highest BCUT2D eigenvalue weighted by Crippen LogP contribution is 2.33. The van der Waals surface area contributed by atoms with E-state index in [1.54, 1.807) is 19.4 Å². The van der Waals surface area contributed by atoms with Crippen LogP contribution in [0.25, 0.3) is 21.5 Å². The average molecular weight is 525 g/mol. The molecule has 0 saturated carbocycles. The molecule has 0 spiro atoms. The summed E-state index contributed by atoms with van der Waals surface area (Å²) in [7, 11) is 0. The zero-order chi connectivity index (χ0) is 25.7. The van der Waals surface area contributed by atoms with Crippen molar-refractivity contribution in [3.8, 4) is 16.3 Å². The van der Waals surface area contributed by atoms with Crippen LogP contribution in [0.1, 0.15) is 44.5 Å². The minimum absolute atomic E-state index is 0.152. The highest BCUT2D eigenvalue weighted by molar-refractivity contribution is 7.91. The standard InChI is InChI=1S/C27H28N2O5S2/c1-5-32-24(30)14-19-8-6-7-9-23(19)34-16-18-12-20-10-11-33-25(20)22(13-18)26-29-21(17-35-26)15-28-36(31)27(2,3)4/h6-13,15,17H,5,14,16H2,1-4H3/b28-15+. The van der Waals surface area contributed by atoms with Gasteiger partial charge in [-0.2, -0.15) is 0 Å². The Hall–Kier alpha value is -3.14. The maximum Gasteiger partial charge on any atom is 0.310 e. The van der Waals surface area contributed by atoms with Crippen molar-refractivity contribution in [3.63, 3.8) is 0 Å². The van der Waals surface area contributed by atoms with Crippen molar-refractivity contribution >= 4 is 45.9 Å².